The van der Waals surface area contributed by atoms with E-state index in [1.165, 1.54) is 24.3 Å². The molecule has 25 heavy (non-hydrogen) atoms. The molecule has 0 heterocycles. The normalized spacial score (nSPS) is 11.3. The molecule has 0 aromatic heterocycles. The Bertz CT molecular complexity index is 1010. The zero-order chi connectivity index (χ0) is 18.0. The van der Waals surface area contributed by atoms with Crippen LogP contribution in [0.1, 0.15) is 0 Å². The minimum atomic E-state index is -4.64. The molecular formula is C18H12F3NO2S. The Balaban J connectivity index is 2.10. The van der Waals surface area contributed by atoms with Gasteiger partial charge in [-0.2, -0.15) is 0 Å². The van der Waals surface area contributed by atoms with E-state index in [1.54, 1.807) is 36.4 Å². The van der Waals surface area contributed by atoms with Crippen molar-refractivity contribution in [2.24, 2.45) is 0 Å². The van der Waals surface area contributed by atoms with Crippen molar-refractivity contribution in [1.82, 2.24) is 0 Å². The highest BCUT2D eigenvalue weighted by Gasteiger charge is 2.29. The molecule has 0 saturated heterocycles. The second-order valence-electron chi connectivity index (χ2n) is 5.20. The molecule has 3 rings (SSSR count). The van der Waals surface area contributed by atoms with E-state index in [9.17, 15) is 21.6 Å². The van der Waals surface area contributed by atoms with Crippen molar-refractivity contribution < 1.29 is 21.6 Å². The molecular weight excluding hydrogens is 351 g/mol. The molecule has 0 saturated carbocycles. The van der Waals surface area contributed by atoms with Gasteiger partial charge in [0.1, 0.15) is 5.82 Å². The van der Waals surface area contributed by atoms with Crippen molar-refractivity contribution in [2.75, 3.05) is 4.72 Å². The fraction of sp³-hybridized carbons (Fsp3) is 0. The van der Waals surface area contributed by atoms with Crippen LogP contribution >= 0.6 is 0 Å². The zero-order valence-electron chi connectivity index (χ0n) is 12.7. The summed E-state index contributed by atoms with van der Waals surface area (Å²) >= 11 is 0. The SMILES string of the molecule is O=S(=O)(Nc1ccccc1)c1c(F)cc(-c2ccccc2)c(F)c1F. The van der Waals surface area contributed by atoms with E-state index in [2.05, 4.69) is 0 Å². The number of rotatable bonds is 4. The summed E-state index contributed by atoms with van der Waals surface area (Å²) in [6.07, 6.45) is 0. The summed E-state index contributed by atoms with van der Waals surface area (Å²) < 4.78 is 69.7. The highest BCUT2D eigenvalue weighted by molar-refractivity contribution is 7.92. The summed E-state index contributed by atoms with van der Waals surface area (Å²) in [7, 11) is -4.64. The van der Waals surface area contributed by atoms with Gasteiger partial charge in [0.25, 0.3) is 10.0 Å². The van der Waals surface area contributed by atoms with Gasteiger partial charge < -0.3 is 0 Å². The van der Waals surface area contributed by atoms with E-state index >= 15 is 0 Å². The topological polar surface area (TPSA) is 46.2 Å². The average Bonchev–Trinajstić information content (AvgIpc) is 2.59. The summed E-state index contributed by atoms with van der Waals surface area (Å²) in [6, 6.07) is 16.0. The first-order valence-corrected chi connectivity index (χ1v) is 8.69. The maximum absolute atomic E-state index is 14.4. The Kier molecular flexibility index (Phi) is 4.50. The minimum Gasteiger partial charge on any atom is -0.279 e. The van der Waals surface area contributed by atoms with Crippen LogP contribution in [-0.4, -0.2) is 8.42 Å². The molecule has 0 radical (unpaired) electrons. The van der Waals surface area contributed by atoms with Crippen molar-refractivity contribution in [2.45, 2.75) is 4.90 Å². The van der Waals surface area contributed by atoms with Crippen molar-refractivity contribution in [3.05, 3.63) is 84.2 Å². The van der Waals surface area contributed by atoms with Crippen LogP contribution in [0.5, 0.6) is 0 Å². The maximum atomic E-state index is 14.4. The van der Waals surface area contributed by atoms with Crippen molar-refractivity contribution in [3.8, 4) is 11.1 Å². The first kappa shape index (κ1) is 17.0. The number of benzene rings is 3. The van der Waals surface area contributed by atoms with Crippen LogP contribution in [-0.2, 0) is 10.0 Å². The van der Waals surface area contributed by atoms with Gasteiger partial charge in [-0.1, -0.05) is 48.5 Å². The third kappa shape index (κ3) is 3.36. The van der Waals surface area contributed by atoms with Gasteiger partial charge in [-0.3, -0.25) is 4.72 Å². The van der Waals surface area contributed by atoms with Crippen LogP contribution in [0.3, 0.4) is 0 Å². The molecule has 7 heteroatoms. The van der Waals surface area contributed by atoms with Gasteiger partial charge in [-0.15, -0.1) is 0 Å². The number of anilines is 1. The Morgan fingerprint density at radius 1 is 0.760 bits per heavy atom. The molecule has 3 aromatic rings. The smallest absolute Gasteiger partial charge is 0.267 e. The van der Waals surface area contributed by atoms with Crippen molar-refractivity contribution in [1.29, 1.82) is 0 Å². The van der Waals surface area contributed by atoms with Crippen LogP contribution in [0.4, 0.5) is 18.9 Å². The molecule has 0 amide bonds. The van der Waals surface area contributed by atoms with E-state index in [1.807, 2.05) is 4.72 Å². The quantitative estimate of drug-likeness (QED) is 0.690. The first-order chi connectivity index (χ1) is 11.9. The third-order valence-corrected chi connectivity index (χ3v) is 4.91. The molecule has 0 atom stereocenters. The van der Waals surface area contributed by atoms with E-state index in [0.29, 0.717) is 6.07 Å². The van der Waals surface area contributed by atoms with Crippen LogP contribution in [0, 0.1) is 17.5 Å². The standard InChI is InChI=1S/C18H12F3NO2S/c19-15-11-14(12-7-3-1-4-8-12)16(20)17(21)18(15)25(23,24)22-13-9-5-2-6-10-13/h1-11,22H. The number of nitrogens with one attached hydrogen (secondary N) is 1. The highest BCUT2D eigenvalue weighted by Crippen LogP contribution is 2.31. The number of sulfonamides is 1. The molecule has 3 nitrogen and oxygen atoms in total. The van der Waals surface area contributed by atoms with E-state index in [0.717, 1.165) is 0 Å². The Hall–Kier alpha value is -2.80. The summed E-state index contributed by atoms with van der Waals surface area (Å²) in [4.78, 5) is -1.35. The molecule has 0 aliphatic rings. The van der Waals surface area contributed by atoms with Crippen LogP contribution in [0.2, 0.25) is 0 Å². The molecule has 0 bridgehead atoms. The number of hydrogen-bond acceptors (Lipinski definition) is 2. The number of halogens is 3. The first-order valence-electron chi connectivity index (χ1n) is 7.21. The Morgan fingerprint density at radius 2 is 1.32 bits per heavy atom. The van der Waals surface area contributed by atoms with E-state index in [4.69, 9.17) is 0 Å². The molecule has 0 fully saturated rings. The fourth-order valence-electron chi connectivity index (χ4n) is 2.36. The van der Waals surface area contributed by atoms with Gasteiger partial charge in [-0.05, 0) is 23.8 Å². The Labute approximate surface area is 142 Å². The summed E-state index contributed by atoms with van der Waals surface area (Å²) in [5.41, 5.74) is -0.0131. The van der Waals surface area contributed by atoms with Gasteiger partial charge in [0.15, 0.2) is 16.5 Å². The predicted molar refractivity (Wildman–Crippen MR) is 89.0 cm³/mol. The Morgan fingerprint density at radius 3 is 1.92 bits per heavy atom. The summed E-state index contributed by atoms with van der Waals surface area (Å²) in [5, 5.41) is 0. The summed E-state index contributed by atoms with van der Waals surface area (Å²) in [6.45, 7) is 0. The monoisotopic (exact) mass is 363 g/mol. The average molecular weight is 363 g/mol. The van der Waals surface area contributed by atoms with Crippen LogP contribution in [0.25, 0.3) is 11.1 Å². The van der Waals surface area contributed by atoms with Crippen LogP contribution < -0.4 is 4.72 Å². The lowest BCUT2D eigenvalue weighted by atomic mass is 10.0. The number of para-hydroxylation sites is 1. The lowest BCUT2D eigenvalue weighted by Gasteiger charge is -2.12. The second-order valence-corrected chi connectivity index (χ2v) is 6.82. The third-order valence-electron chi connectivity index (χ3n) is 3.50. The zero-order valence-corrected chi connectivity index (χ0v) is 13.5. The minimum absolute atomic E-state index is 0.105. The molecule has 0 aliphatic carbocycles. The van der Waals surface area contributed by atoms with Gasteiger partial charge in [-0.25, -0.2) is 21.6 Å². The van der Waals surface area contributed by atoms with Gasteiger partial charge in [0, 0.05) is 11.3 Å². The van der Waals surface area contributed by atoms with E-state index < -0.39 is 32.4 Å². The molecule has 3 aromatic carbocycles. The molecule has 0 aliphatic heterocycles. The highest BCUT2D eigenvalue weighted by atomic mass is 32.2. The predicted octanol–water partition coefficient (Wildman–Crippen LogP) is 4.57. The van der Waals surface area contributed by atoms with Gasteiger partial charge in [0.2, 0.25) is 0 Å². The van der Waals surface area contributed by atoms with Gasteiger partial charge >= 0.3 is 0 Å². The molecule has 0 spiro atoms. The largest absolute Gasteiger partial charge is 0.279 e. The van der Waals surface area contributed by atoms with Gasteiger partial charge in [0.05, 0.1) is 0 Å². The lowest BCUT2D eigenvalue weighted by Crippen LogP contribution is -2.17. The molecule has 1 N–H and O–H groups in total. The second kappa shape index (κ2) is 6.60. The number of hydrogen-bond donors (Lipinski definition) is 1. The molecule has 128 valence electrons. The van der Waals surface area contributed by atoms with Crippen LogP contribution in [0.15, 0.2) is 71.6 Å². The van der Waals surface area contributed by atoms with Crippen molar-refractivity contribution >= 4 is 15.7 Å². The lowest BCUT2D eigenvalue weighted by molar-refractivity contribution is 0.462. The summed E-state index contributed by atoms with van der Waals surface area (Å²) in [5.74, 6) is -4.57. The van der Waals surface area contributed by atoms with E-state index in [-0.39, 0.29) is 16.8 Å². The molecule has 0 unspecified atom stereocenters. The van der Waals surface area contributed by atoms with Crippen molar-refractivity contribution in [3.63, 3.8) is 0 Å². The fourth-order valence-corrected chi connectivity index (χ4v) is 3.55. The maximum Gasteiger partial charge on any atom is 0.267 e.